The molecule has 1 aromatic heterocycles. The molecule has 0 saturated carbocycles. The minimum atomic E-state index is -3.07. The number of methoxy groups -OCH3 is 1. The number of aromatic nitrogens is 1. The van der Waals surface area contributed by atoms with Gasteiger partial charge < -0.3 is 10.5 Å². The fourth-order valence-electron chi connectivity index (χ4n) is 1.49. The Labute approximate surface area is 112 Å². The lowest BCUT2D eigenvalue weighted by atomic mass is 10.0. The van der Waals surface area contributed by atoms with Crippen LogP contribution in [0, 0.1) is 0 Å². The van der Waals surface area contributed by atoms with Crippen molar-refractivity contribution in [3.8, 4) is 0 Å². The zero-order valence-electron chi connectivity index (χ0n) is 11.2. The minimum Gasteiger partial charge on any atom is -0.378 e. The molecule has 0 amide bonds. The average molecular weight is 292 g/mol. The van der Waals surface area contributed by atoms with Gasteiger partial charge in [-0.3, -0.25) is 0 Å². The van der Waals surface area contributed by atoms with Crippen LogP contribution < -0.4 is 5.73 Å². The lowest BCUT2D eigenvalue weighted by Gasteiger charge is -2.17. The second-order valence-corrected chi connectivity index (χ2v) is 8.15. The highest BCUT2D eigenvalue weighted by Crippen LogP contribution is 2.29. The van der Waals surface area contributed by atoms with Crippen LogP contribution in [0.3, 0.4) is 0 Å². The van der Waals surface area contributed by atoms with E-state index in [9.17, 15) is 8.42 Å². The predicted octanol–water partition coefficient (Wildman–Crippen LogP) is 1.42. The number of nitrogens with two attached hydrogens (primary N) is 1. The molecule has 1 heterocycles. The molecule has 0 atom stereocenters. The summed E-state index contributed by atoms with van der Waals surface area (Å²) >= 11 is 1.35. The molecule has 7 heteroatoms. The molecule has 0 fully saturated rings. The molecule has 5 nitrogen and oxygen atoms in total. The zero-order chi connectivity index (χ0) is 14.0. The Balaban J connectivity index is 3.11. The number of thiazole rings is 1. The first kappa shape index (κ1) is 15.6. The van der Waals surface area contributed by atoms with E-state index in [0.717, 1.165) is 10.6 Å². The Morgan fingerprint density at radius 1 is 1.44 bits per heavy atom. The van der Waals surface area contributed by atoms with Gasteiger partial charge in [0.15, 0.2) is 9.84 Å². The van der Waals surface area contributed by atoms with Gasteiger partial charge in [0.05, 0.1) is 12.3 Å². The molecule has 0 spiro atoms. The minimum absolute atomic E-state index is 0.0268. The molecule has 0 radical (unpaired) electrons. The van der Waals surface area contributed by atoms with Crippen molar-refractivity contribution in [2.24, 2.45) is 5.73 Å². The molecule has 0 aliphatic rings. The van der Waals surface area contributed by atoms with Crippen LogP contribution in [0.4, 0.5) is 0 Å². The lowest BCUT2D eigenvalue weighted by Crippen LogP contribution is -2.28. The van der Waals surface area contributed by atoms with E-state index in [4.69, 9.17) is 10.5 Å². The number of ether oxygens (including phenoxy) is 1. The maximum absolute atomic E-state index is 11.6. The zero-order valence-corrected chi connectivity index (χ0v) is 12.8. The molecule has 1 aromatic rings. The van der Waals surface area contributed by atoms with E-state index >= 15 is 0 Å². The van der Waals surface area contributed by atoms with Crippen LogP contribution in [0.15, 0.2) is 0 Å². The quantitative estimate of drug-likeness (QED) is 0.857. The number of hydrogen-bond acceptors (Lipinski definition) is 6. The molecule has 0 unspecified atom stereocenters. The summed E-state index contributed by atoms with van der Waals surface area (Å²) in [5.74, 6) is 0.0918. The highest BCUT2D eigenvalue weighted by atomic mass is 32.2. The van der Waals surface area contributed by atoms with Crippen molar-refractivity contribution in [1.82, 2.24) is 4.98 Å². The summed E-state index contributed by atoms with van der Waals surface area (Å²) in [6, 6.07) is 0. The average Bonchev–Trinajstić information content (AvgIpc) is 2.60. The van der Waals surface area contributed by atoms with Crippen LogP contribution in [-0.4, -0.2) is 26.3 Å². The van der Waals surface area contributed by atoms with E-state index < -0.39 is 15.4 Å². The maximum Gasteiger partial charge on any atom is 0.156 e. The molecule has 18 heavy (non-hydrogen) atoms. The molecule has 0 bridgehead atoms. The Kier molecular flexibility index (Phi) is 4.88. The summed E-state index contributed by atoms with van der Waals surface area (Å²) in [4.78, 5) is 5.21. The summed E-state index contributed by atoms with van der Waals surface area (Å²) in [7, 11) is -1.49. The largest absolute Gasteiger partial charge is 0.378 e. The third kappa shape index (κ3) is 4.01. The topological polar surface area (TPSA) is 82.3 Å². The highest BCUT2D eigenvalue weighted by Gasteiger charge is 2.24. The van der Waals surface area contributed by atoms with Crippen LogP contribution >= 0.6 is 11.3 Å². The van der Waals surface area contributed by atoms with Crippen LogP contribution in [-0.2, 0) is 32.5 Å². The summed E-state index contributed by atoms with van der Waals surface area (Å²) < 4.78 is 28.3. The lowest BCUT2D eigenvalue weighted by molar-refractivity contribution is 0.180. The molecule has 2 N–H and O–H groups in total. The maximum atomic E-state index is 11.6. The third-order valence-electron chi connectivity index (χ3n) is 2.39. The molecule has 1 rings (SSSR count). The molecule has 0 aliphatic heterocycles. The highest BCUT2D eigenvalue weighted by molar-refractivity contribution is 7.90. The molecule has 0 saturated heterocycles. The van der Waals surface area contributed by atoms with Crippen LogP contribution in [0.25, 0.3) is 0 Å². The predicted molar refractivity (Wildman–Crippen MR) is 73.2 cm³/mol. The monoisotopic (exact) mass is 292 g/mol. The van der Waals surface area contributed by atoms with E-state index in [2.05, 4.69) is 4.98 Å². The van der Waals surface area contributed by atoms with Crippen molar-refractivity contribution in [2.45, 2.75) is 38.7 Å². The second-order valence-electron chi connectivity index (χ2n) is 4.71. The smallest absolute Gasteiger partial charge is 0.156 e. The number of sulfone groups is 1. The Morgan fingerprint density at radius 3 is 2.50 bits per heavy atom. The van der Waals surface area contributed by atoms with E-state index in [1.807, 2.05) is 13.8 Å². The van der Waals surface area contributed by atoms with Crippen LogP contribution in [0.5, 0.6) is 0 Å². The molecule has 0 aliphatic carbocycles. The number of hydrogen-bond donors (Lipinski definition) is 1. The van der Waals surface area contributed by atoms with Crippen LogP contribution in [0.2, 0.25) is 0 Å². The van der Waals surface area contributed by atoms with Gasteiger partial charge in [0, 0.05) is 23.3 Å². The van der Waals surface area contributed by atoms with Gasteiger partial charge in [0.2, 0.25) is 0 Å². The van der Waals surface area contributed by atoms with Gasteiger partial charge in [-0.1, -0.05) is 6.92 Å². The Bertz CT molecular complexity index is 501. The van der Waals surface area contributed by atoms with E-state index in [0.29, 0.717) is 11.6 Å². The summed E-state index contributed by atoms with van der Waals surface area (Å²) in [6.07, 6.45) is 0. The first-order valence-corrected chi connectivity index (χ1v) is 8.30. The van der Waals surface area contributed by atoms with Gasteiger partial charge in [-0.2, -0.15) is 0 Å². The fourth-order valence-corrected chi connectivity index (χ4v) is 3.79. The van der Waals surface area contributed by atoms with Crippen molar-refractivity contribution in [3.05, 3.63) is 15.6 Å². The van der Waals surface area contributed by atoms with Crippen molar-refractivity contribution < 1.29 is 13.2 Å². The van der Waals surface area contributed by atoms with Crippen molar-refractivity contribution in [1.29, 1.82) is 0 Å². The first-order chi connectivity index (χ1) is 8.19. The second kappa shape index (κ2) is 5.64. The molecule has 0 aromatic carbocycles. The summed E-state index contributed by atoms with van der Waals surface area (Å²) in [6.45, 7) is 5.72. The first-order valence-electron chi connectivity index (χ1n) is 5.67. The van der Waals surface area contributed by atoms with Gasteiger partial charge in [-0.25, -0.2) is 13.4 Å². The van der Waals surface area contributed by atoms with E-state index in [1.54, 1.807) is 14.0 Å². The number of nitrogens with zero attached hydrogens (tertiary/aromatic N) is 1. The van der Waals surface area contributed by atoms with Gasteiger partial charge in [-0.05, 0) is 13.8 Å². The van der Waals surface area contributed by atoms with Gasteiger partial charge in [-0.15, -0.1) is 11.3 Å². The van der Waals surface area contributed by atoms with Crippen molar-refractivity contribution in [3.63, 3.8) is 0 Å². The van der Waals surface area contributed by atoms with E-state index in [-0.39, 0.29) is 11.5 Å². The van der Waals surface area contributed by atoms with Gasteiger partial charge >= 0.3 is 0 Å². The Hall–Kier alpha value is -0.500. The molecular formula is C11H20N2O3S2. The molecule has 104 valence electrons. The standard InChI is InChI=1S/C11H20N2O3S2/c1-5-18(14,15)7-9-13-8(6-16-4)10(17-9)11(2,3)12/h5-7,12H2,1-4H3. The number of rotatable bonds is 6. The van der Waals surface area contributed by atoms with Gasteiger partial charge in [0.25, 0.3) is 0 Å². The molecular weight excluding hydrogens is 272 g/mol. The Morgan fingerprint density at radius 2 is 2.06 bits per heavy atom. The third-order valence-corrected chi connectivity index (χ3v) is 5.60. The fraction of sp³-hybridized carbons (Fsp3) is 0.727. The summed E-state index contributed by atoms with van der Waals surface area (Å²) in [5.41, 5.74) is 6.25. The van der Waals surface area contributed by atoms with Gasteiger partial charge in [0.1, 0.15) is 10.8 Å². The van der Waals surface area contributed by atoms with Crippen LogP contribution in [0.1, 0.15) is 36.3 Å². The van der Waals surface area contributed by atoms with Crippen molar-refractivity contribution in [2.75, 3.05) is 12.9 Å². The normalized spacial score (nSPS) is 12.9. The van der Waals surface area contributed by atoms with Crippen molar-refractivity contribution >= 4 is 21.2 Å². The SMILES string of the molecule is CCS(=O)(=O)Cc1nc(COC)c(C(C)(C)N)s1. The summed E-state index contributed by atoms with van der Waals surface area (Å²) in [5, 5.41) is 0.581. The van der Waals surface area contributed by atoms with E-state index in [1.165, 1.54) is 11.3 Å².